The van der Waals surface area contributed by atoms with E-state index in [0.717, 1.165) is 5.69 Å². The molecule has 1 atom stereocenters. The third-order valence-electron chi connectivity index (χ3n) is 3.54. The first-order valence-corrected chi connectivity index (χ1v) is 8.03. The maximum atomic E-state index is 13.0. The van der Waals surface area contributed by atoms with E-state index in [1.165, 1.54) is 17.7 Å². The summed E-state index contributed by atoms with van der Waals surface area (Å²) in [4.78, 5) is 18.8. The van der Waals surface area contributed by atoms with Crippen molar-refractivity contribution in [2.75, 3.05) is 10.2 Å². The third-order valence-corrected chi connectivity index (χ3v) is 4.29. The Hall–Kier alpha value is -2.51. The number of amides is 1. The van der Waals surface area contributed by atoms with E-state index in [1.807, 2.05) is 23.6 Å². The zero-order valence-electron chi connectivity index (χ0n) is 11.7. The van der Waals surface area contributed by atoms with Crippen LogP contribution >= 0.6 is 23.1 Å². The topological polar surface area (TPSA) is 71.0 Å². The van der Waals surface area contributed by atoms with E-state index in [9.17, 15) is 4.79 Å². The summed E-state index contributed by atoms with van der Waals surface area (Å²) in [7, 11) is 0. The Morgan fingerprint density at radius 2 is 2.09 bits per heavy atom. The predicted octanol–water partition coefficient (Wildman–Crippen LogP) is 3.36. The van der Waals surface area contributed by atoms with Gasteiger partial charge in [-0.2, -0.15) is 0 Å². The Bertz CT molecular complexity index is 853. The molecule has 3 aromatic rings. The maximum absolute atomic E-state index is 13.0. The van der Waals surface area contributed by atoms with E-state index in [1.54, 1.807) is 23.1 Å². The molecule has 0 aliphatic carbocycles. The van der Waals surface area contributed by atoms with E-state index >= 15 is 0 Å². The molecule has 114 valence electrons. The van der Waals surface area contributed by atoms with Crippen LogP contribution in [0.3, 0.4) is 0 Å². The minimum Gasteiger partial charge on any atom is -0.359 e. The molecule has 23 heavy (non-hydrogen) atoms. The first-order chi connectivity index (χ1) is 11.2. The van der Waals surface area contributed by atoms with Crippen molar-refractivity contribution >= 4 is 40.5 Å². The van der Waals surface area contributed by atoms with Crippen molar-refractivity contribution in [3.05, 3.63) is 64.3 Å². The highest BCUT2D eigenvalue weighted by Crippen LogP contribution is 2.35. The summed E-state index contributed by atoms with van der Waals surface area (Å²) in [5.41, 5.74) is 2.01. The van der Waals surface area contributed by atoms with Crippen LogP contribution in [0.2, 0.25) is 5.02 Å². The van der Waals surface area contributed by atoms with Gasteiger partial charge in [-0.3, -0.25) is 9.69 Å². The predicted molar refractivity (Wildman–Crippen MR) is 88.8 cm³/mol. The lowest BCUT2D eigenvalue weighted by Crippen LogP contribution is -2.43. The molecule has 0 saturated carbocycles. The van der Waals surface area contributed by atoms with Crippen molar-refractivity contribution in [1.29, 1.82) is 0 Å². The molecule has 3 heterocycles. The number of fused-ring (bicyclic) bond motifs is 1. The molecule has 0 saturated heterocycles. The van der Waals surface area contributed by atoms with Crippen LogP contribution in [0.15, 0.2) is 48.0 Å². The number of para-hydroxylation sites is 1. The number of carbonyl (C=O) groups is 1. The normalized spacial score (nSPS) is 16.8. The summed E-state index contributed by atoms with van der Waals surface area (Å²) in [6.45, 7) is 0. The Morgan fingerprint density at radius 3 is 2.83 bits per heavy atom. The van der Waals surface area contributed by atoms with Gasteiger partial charge in [-0.1, -0.05) is 28.2 Å². The number of rotatable bonds is 2. The number of carbonyl (C=O) groups excluding carboxylic acids is 1. The maximum Gasteiger partial charge on any atom is 0.263 e. The van der Waals surface area contributed by atoms with Crippen LogP contribution in [0.25, 0.3) is 0 Å². The first-order valence-electron chi connectivity index (χ1n) is 6.81. The van der Waals surface area contributed by atoms with Crippen LogP contribution in [0, 0.1) is 0 Å². The molecule has 0 bridgehead atoms. The first kappa shape index (κ1) is 14.1. The standard InChI is InChI=1S/C15H10ClN5OS/c16-9-5-6-13(17-7-9)21-14(12-8-23-20-19-12)18-11-4-2-1-3-10(11)15(21)22/h1-8,14,18H. The fourth-order valence-corrected chi connectivity index (χ4v) is 3.08. The van der Waals surface area contributed by atoms with Gasteiger partial charge in [0.05, 0.1) is 10.6 Å². The van der Waals surface area contributed by atoms with Crippen LogP contribution in [-0.4, -0.2) is 20.5 Å². The minimum atomic E-state index is -0.468. The lowest BCUT2D eigenvalue weighted by atomic mass is 10.1. The van der Waals surface area contributed by atoms with Crippen molar-refractivity contribution < 1.29 is 4.79 Å². The van der Waals surface area contributed by atoms with Crippen LogP contribution in [0.4, 0.5) is 11.5 Å². The second-order valence-electron chi connectivity index (χ2n) is 4.93. The van der Waals surface area contributed by atoms with Gasteiger partial charge in [0.2, 0.25) is 0 Å². The average Bonchev–Trinajstić information content (AvgIpc) is 3.10. The molecular formula is C15H10ClN5OS. The number of halogens is 1. The highest BCUT2D eigenvalue weighted by Gasteiger charge is 2.35. The van der Waals surface area contributed by atoms with Crippen molar-refractivity contribution in [1.82, 2.24) is 14.6 Å². The van der Waals surface area contributed by atoms with Crippen molar-refractivity contribution in [2.24, 2.45) is 0 Å². The number of nitrogens with zero attached hydrogens (tertiary/aromatic N) is 4. The number of hydrogen-bond donors (Lipinski definition) is 1. The van der Waals surface area contributed by atoms with E-state index in [-0.39, 0.29) is 5.91 Å². The average molecular weight is 344 g/mol. The quantitative estimate of drug-likeness (QED) is 0.772. The van der Waals surface area contributed by atoms with Gasteiger partial charge in [0.15, 0.2) is 6.17 Å². The minimum absolute atomic E-state index is 0.146. The molecule has 1 aliphatic heterocycles. The van der Waals surface area contributed by atoms with E-state index in [2.05, 4.69) is 19.9 Å². The van der Waals surface area contributed by atoms with E-state index in [0.29, 0.717) is 22.1 Å². The van der Waals surface area contributed by atoms with Crippen molar-refractivity contribution in [2.45, 2.75) is 6.17 Å². The number of hydrogen-bond acceptors (Lipinski definition) is 6. The second-order valence-corrected chi connectivity index (χ2v) is 5.98. The second kappa shape index (κ2) is 5.60. The van der Waals surface area contributed by atoms with Crippen LogP contribution < -0.4 is 10.2 Å². The number of pyridine rings is 1. The molecule has 0 radical (unpaired) electrons. The lowest BCUT2D eigenvalue weighted by Gasteiger charge is -2.35. The fraction of sp³-hybridized carbons (Fsp3) is 0.0667. The lowest BCUT2D eigenvalue weighted by molar-refractivity contribution is 0.0973. The molecule has 1 aromatic carbocycles. The van der Waals surface area contributed by atoms with Gasteiger partial charge in [0.25, 0.3) is 5.91 Å². The Morgan fingerprint density at radius 1 is 1.22 bits per heavy atom. The van der Waals surface area contributed by atoms with Crippen LogP contribution in [-0.2, 0) is 0 Å². The van der Waals surface area contributed by atoms with Gasteiger partial charge < -0.3 is 5.32 Å². The van der Waals surface area contributed by atoms with Gasteiger partial charge >= 0.3 is 0 Å². The number of nitrogens with one attached hydrogen (secondary N) is 1. The summed E-state index contributed by atoms with van der Waals surface area (Å²) in [5, 5.41) is 9.75. The molecule has 0 fully saturated rings. The third kappa shape index (κ3) is 2.43. The SMILES string of the molecule is O=C1c2ccccc2NC(c2csnn2)N1c1ccc(Cl)cn1. The molecule has 4 rings (SSSR count). The highest BCUT2D eigenvalue weighted by atomic mass is 35.5. The zero-order chi connectivity index (χ0) is 15.8. The molecular weight excluding hydrogens is 334 g/mol. The molecule has 2 aromatic heterocycles. The van der Waals surface area contributed by atoms with Gasteiger partial charge in [-0.05, 0) is 35.8 Å². The molecule has 1 unspecified atom stereocenters. The summed E-state index contributed by atoms with van der Waals surface area (Å²) >= 11 is 7.14. The fourth-order valence-electron chi connectivity index (χ4n) is 2.50. The van der Waals surface area contributed by atoms with E-state index < -0.39 is 6.17 Å². The molecule has 8 heteroatoms. The summed E-state index contributed by atoms with van der Waals surface area (Å²) in [6, 6.07) is 10.8. The van der Waals surface area contributed by atoms with Crippen molar-refractivity contribution in [3.63, 3.8) is 0 Å². The van der Waals surface area contributed by atoms with Crippen molar-refractivity contribution in [3.8, 4) is 0 Å². The Labute approximate surface area is 140 Å². The molecule has 0 spiro atoms. The monoisotopic (exact) mass is 343 g/mol. The number of aromatic nitrogens is 3. The van der Waals surface area contributed by atoms with Crippen LogP contribution in [0.1, 0.15) is 22.2 Å². The van der Waals surface area contributed by atoms with Crippen LogP contribution in [0.5, 0.6) is 0 Å². The molecule has 1 N–H and O–H groups in total. The summed E-state index contributed by atoms with van der Waals surface area (Å²) in [6.07, 6.45) is 1.05. The largest absolute Gasteiger partial charge is 0.359 e. The van der Waals surface area contributed by atoms with E-state index in [4.69, 9.17) is 11.6 Å². The van der Waals surface area contributed by atoms with Gasteiger partial charge in [0, 0.05) is 17.3 Å². The molecule has 6 nitrogen and oxygen atoms in total. The smallest absolute Gasteiger partial charge is 0.263 e. The number of benzene rings is 1. The highest BCUT2D eigenvalue weighted by molar-refractivity contribution is 7.03. The van der Waals surface area contributed by atoms with Gasteiger partial charge in [-0.15, -0.1) is 5.10 Å². The summed E-state index contributed by atoms with van der Waals surface area (Å²) in [5.74, 6) is 0.353. The van der Waals surface area contributed by atoms with Gasteiger partial charge in [-0.25, -0.2) is 4.98 Å². The Balaban J connectivity index is 1.85. The van der Waals surface area contributed by atoms with Gasteiger partial charge in [0.1, 0.15) is 11.5 Å². The summed E-state index contributed by atoms with van der Waals surface area (Å²) < 4.78 is 3.89. The molecule has 1 amide bonds. The molecule has 1 aliphatic rings. The zero-order valence-corrected chi connectivity index (χ0v) is 13.3. The Kier molecular flexibility index (Phi) is 3.44. The number of anilines is 2.